The second-order valence-corrected chi connectivity index (χ2v) is 10.9. The highest BCUT2D eigenvalue weighted by Crippen LogP contribution is 2.38. The van der Waals surface area contributed by atoms with Gasteiger partial charge in [0, 0.05) is 36.8 Å². The van der Waals surface area contributed by atoms with Gasteiger partial charge in [-0.2, -0.15) is 9.57 Å². The van der Waals surface area contributed by atoms with E-state index in [9.17, 15) is 23.3 Å². The molecule has 5 rings (SSSR count). The molecule has 2 aliphatic heterocycles. The van der Waals surface area contributed by atoms with Crippen molar-refractivity contribution in [2.75, 3.05) is 25.5 Å². The van der Waals surface area contributed by atoms with Crippen LogP contribution in [0, 0.1) is 17.2 Å². The molecule has 3 heterocycles. The Hall–Kier alpha value is -3.94. The van der Waals surface area contributed by atoms with Crippen molar-refractivity contribution in [3.8, 4) is 11.8 Å². The molecule has 0 aliphatic carbocycles. The summed E-state index contributed by atoms with van der Waals surface area (Å²) < 4.78 is 34.9. The highest BCUT2D eigenvalue weighted by Gasteiger charge is 2.40. The smallest absolute Gasteiger partial charge is 0.274 e. The minimum absolute atomic E-state index is 0.00135. The number of carbonyl (C=O) groups is 1. The largest absolute Gasteiger partial charge is 0.497 e. The zero-order chi connectivity index (χ0) is 25.4. The molecule has 0 unspecified atom stereocenters. The summed E-state index contributed by atoms with van der Waals surface area (Å²) in [7, 11) is -2.32. The van der Waals surface area contributed by atoms with E-state index >= 15 is 0 Å². The number of rotatable bonds is 5. The van der Waals surface area contributed by atoms with E-state index in [-0.39, 0.29) is 46.6 Å². The Morgan fingerprint density at radius 1 is 1.06 bits per heavy atom. The maximum atomic E-state index is 13.4. The van der Waals surface area contributed by atoms with Crippen LogP contribution < -0.4 is 15.6 Å². The van der Waals surface area contributed by atoms with E-state index in [1.807, 2.05) is 6.07 Å². The fourth-order valence-corrected chi connectivity index (χ4v) is 6.76. The van der Waals surface area contributed by atoms with Gasteiger partial charge in [-0.1, -0.05) is 12.1 Å². The van der Waals surface area contributed by atoms with E-state index in [0.29, 0.717) is 17.9 Å². The first-order valence-electron chi connectivity index (χ1n) is 11.5. The Balaban J connectivity index is 1.40. The molecule has 2 aromatic carbocycles. The van der Waals surface area contributed by atoms with E-state index in [0.717, 1.165) is 12.1 Å². The van der Waals surface area contributed by atoms with E-state index in [1.54, 1.807) is 60.2 Å². The molecule has 10 heteroatoms. The number of piperidine rings is 1. The van der Waals surface area contributed by atoms with Gasteiger partial charge in [-0.05, 0) is 60.9 Å². The number of hydrogen-bond donors (Lipinski definition) is 1. The highest BCUT2D eigenvalue weighted by atomic mass is 32.2. The van der Waals surface area contributed by atoms with Crippen LogP contribution in [0.5, 0.6) is 5.75 Å². The summed E-state index contributed by atoms with van der Waals surface area (Å²) in [4.78, 5) is 25.9. The van der Waals surface area contributed by atoms with Gasteiger partial charge >= 0.3 is 0 Å². The monoisotopic (exact) mass is 504 g/mol. The van der Waals surface area contributed by atoms with Gasteiger partial charge in [0.05, 0.1) is 17.6 Å². The second-order valence-electron chi connectivity index (χ2n) is 9.00. The summed E-state index contributed by atoms with van der Waals surface area (Å²) >= 11 is 0. The topological polar surface area (TPSA) is 122 Å². The Morgan fingerprint density at radius 3 is 2.53 bits per heavy atom. The van der Waals surface area contributed by atoms with Crippen LogP contribution in [0.25, 0.3) is 0 Å². The highest BCUT2D eigenvalue weighted by molar-refractivity contribution is 7.89. The third-order valence-electron chi connectivity index (χ3n) is 6.80. The van der Waals surface area contributed by atoms with Gasteiger partial charge in [-0.15, -0.1) is 0 Å². The van der Waals surface area contributed by atoms with Crippen LogP contribution >= 0.6 is 0 Å². The Labute approximate surface area is 208 Å². The van der Waals surface area contributed by atoms with Crippen molar-refractivity contribution >= 4 is 21.6 Å². The first-order chi connectivity index (χ1) is 17.3. The quantitative estimate of drug-likeness (QED) is 0.570. The van der Waals surface area contributed by atoms with Crippen LogP contribution in [0.2, 0.25) is 0 Å². The van der Waals surface area contributed by atoms with Crippen LogP contribution in [0.1, 0.15) is 34.0 Å². The zero-order valence-corrected chi connectivity index (χ0v) is 20.4. The fourth-order valence-electron chi connectivity index (χ4n) is 5.05. The van der Waals surface area contributed by atoms with Crippen LogP contribution in [0.15, 0.2) is 70.4 Å². The lowest BCUT2D eigenvalue weighted by Crippen LogP contribution is -2.49. The number of carbonyl (C=O) groups excluding carboxylic acids is 1. The van der Waals surface area contributed by atoms with Crippen molar-refractivity contribution in [3.63, 3.8) is 0 Å². The third-order valence-corrected chi connectivity index (χ3v) is 8.69. The van der Waals surface area contributed by atoms with Crippen LogP contribution in [-0.4, -0.2) is 43.4 Å². The van der Waals surface area contributed by atoms with Crippen molar-refractivity contribution in [2.45, 2.75) is 23.8 Å². The minimum Gasteiger partial charge on any atom is -0.497 e. The lowest BCUT2D eigenvalue weighted by molar-refractivity contribution is 0.102. The first kappa shape index (κ1) is 23.8. The number of nitrogens with zero attached hydrogens (tertiary/aromatic N) is 3. The molecule has 2 aliphatic rings. The molecule has 3 aromatic rings. The average Bonchev–Trinajstić information content (AvgIpc) is 2.90. The molecule has 2 atom stereocenters. The van der Waals surface area contributed by atoms with Crippen molar-refractivity contribution in [1.82, 2.24) is 8.87 Å². The Morgan fingerprint density at radius 2 is 1.81 bits per heavy atom. The maximum Gasteiger partial charge on any atom is 0.274 e. The van der Waals surface area contributed by atoms with Gasteiger partial charge in [0.25, 0.3) is 11.5 Å². The number of nitriles is 1. The maximum absolute atomic E-state index is 13.4. The molecule has 9 nitrogen and oxygen atoms in total. The van der Waals surface area contributed by atoms with Gasteiger partial charge < -0.3 is 14.6 Å². The summed E-state index contributed by atoms with van der Waals surface area (Å²) in [6.45, 7) is 0.825. The molecule has 184 valence electrons. The van der Waals surface area contributed by atoms with Gasteiger partial charge in [0.2, 0.25) is 10.0 Å². The number of methoxy groups -OCH3 is 1. The number of nitrogens with one attached hydrogen (secondary N) is 1. The third kappa shape index (κ3) is 4.17. The number of amides is 1. The lowest BCUT2D eigenvalue weighted by atomic mass is 9.84. The van der Waals surface area contributed by atoms with Crippen LogP contribution in [-0.2, 0) is 16.6 Å². The molecule has 36 heavy (non-hydrogen) atoms. The van der Waals surface area contributed by atoms with Gasteiger partial charge in [0.15, 0.2) is 0 Å². The Kier molecular flexibility index (Phi) is 6.12. The van der Waals surface area contributed by atoms with Gasteiger partial charge in [0.1, 0.15) is 17.5 Å². The van der Waals surface area contributed by atoms with Gasteiger partial charge in [-0.3, -0.25) is 9.59 Å². The second kappa shape index (κ2) is 9.26. The standard InChI is InChI=1S/C26H24N4O5S/c1-35-21-8-6-18(7-9-21)25(31)28-22-10-11-23-20-12-17(15-30(23)26(22)32)14-29(16-20)36(33,34)24-5-3-2-4-19(24)13-27/h2-11,17,20H,12,14-16H2,1H3,(H,28,31)/t17-,20-/m1/s1. The van der Waals surface area contributed by atoms with Crippen molar-refractivity contribution in [3.05, 3.63) is 87.8 Å². The minimum atomic E-state index is -3.86. The van der Waals surface area contributed by atoms with E-state index in [1.165, 1.54) is 16.4 Å². The van der Waals surface area contributed by atoms with E-state index in [4.69, 9.17) is 4.74 Å². The van der Waals surface area contributed by atoms with E-state index < -0.39 is 15.9 Å². The number of benzene rings is 2. The van der Waals surface area contributed by atoms with Crippen LogP contribution in [0.4, 0.5) is 5.69 Å². The number of ether oxygens (including phenoxy) is 1. The summed E-state index contributed by atoms with van der Waals surface area (Å²) in [6.07, 6.45) is 0.767. The summed E-state index contributed by atoms with van der Waals surface area (Å²) in [6, 6.07) is 18.1. The number of fused-ring (bicyclic) bond motifs is 4. The molecule has 1 aromatic heterocycles. The molecule has 2 bridgehead atoms. The molecular formula is C26H24N4O5S. The Bertz CT molecular complexity index is 1540. The van der Waals surface area contributed by atoms with E-state index in [2.05, 4.69) is 5.32 Å². The summed E-state index contributed by atoms with van der Waals surface area (Å²) in [5.41, 5.74) is 1.12. The molecule has 1 amide bonds. The zero-order valence-electron chi connectivity index (χ0n) is 19.5. The van der Waals surface area contributed by atoms with Crippen molar-refractivity contribution in [1.29, 1.82) is 5.26 Å². The summed E-state index contributed by atoms with van der Waals surface area (Å²) in [5.74, 6) is -0.00933. The molecule has 0 radical (unpaired) electrons. The number of pyridine rings is 1. The predicted molar refractivity (Wildman–Crippen MR) is 132 cm³/mol. The van der Waals surface area contributed by atoms with Crippen molar-refractivity contribution in [2.24, 2.45) is 5.92 Å². The molecule has 1 saturated heterocycles. The first-order valence-corrected chi connectivity index (χ1v) is 12.9. The van der Waals surface area contributed by atoms with Gasteiger partial charge in [-0.25, -0.2) is 8.42 Å². The molecule has 1 N–H and O–H groups in total. The number of anilines is 1. The lowest BCUT2D eigenvalue weighted by Gasteiger charge is -2.42. The number of hydrogen-bond acceptors (Lipinski definition) is 6. The number of aromatic nitrogens is 1. The summed E-state index contributed by atoms with van der Waals surface area (Å²) in [5, 5.41) is 12.1. The molecule has 0 saturated carbocycles. The van der Waals surface area contributed by atoms with Crippen LogP contribution in [0.3, 0.4) is 0 Å². The normalized spacial score (nSPS) is 19.1. The molecule has 0 spiro atoms. The predicted octanol–water partition coefficient (Wildman–Crippen LogP) is 2.79. The fraction of sp³-hybridized carbons (Fsp3) is 0.269. The molecule has 1 fully saturated rings. The molecular weight excluding hydrogens is 480 g/mol. The average molecular weight is 505 g/mol. The SMILES string of the molecule is COc1ccc(C(=O)Nc2ccc3n(c2=O)C[C@@H]2C[C@@H]3CN(S(=O)(=O)c3ccccc3C#N)C2)cc1. The van der Waals surface area contributed by atoms with Crippen molar-refractivity contribution < 1.29 is 17.9 Å². The number of sulfonamides is 1.